The number of ether oxygens (including phenoxy) is 1. The topological polar surface area (TPSA) is 15.7 Å². The summed E-state index contributed by atoms with van der Waals surface area (Å²) in [5.41, 5.74) is 0.378. The van der Waals surface area contributed by atoms with Crippen molar-refractivity contribution in [1.82, 2.24) is 9.80 Å². The van der Waals surface area contributed by atoms with E-state index in [1.165, 1.54) is 13.0 Å². The standard InChI is InChI=1S/C11H22N2O/c1-11(2)8-10(9-12(11)3)13-4-6-14-7-5-13/h10H,4-9H2,1-3H3. The Hall–Kier alpha value is -0.120. The van der Waals surface area contributed by atoms with E-state index in [0.29, 0.717) is 5.54 Å². The van der Waals surface area contributed by atoms with Gasteiger partial charge in [-0.05, 0) is 27.3 Å². The lowest BCUT2D eigenvalue weighted by Crippen LogP contribution is -2.44. The molecular formula is C11H22N2O. The van der Waals surface area contributed by atoms with Crippen molar-refractivity contribution in [2.75, 3.05) is 39.9 Å². The summed E-state index contributed by atoms with van der Waals surface area (Å²) in [7, 11) is 2.24. The van der Waals surface area contributed by atoms with Crippen LogP contribution >= 0.6 is 0 Å². The van der Waals surface area contributed by atoms with E-state index >= 15 is 0 Å². The highest BCUT2D eigenvalue weighted by Gasteiger charge is 2.38. The Balaban J connectivity index is 1.93. The van der Waals surface area contributed by atoms with Crippen molar-refractivity contribution in [3.05, 3.63) is 0 Å². The van der Waals surface area contributed by atoms with Gasteiger partial charge in [0.05, 0.1) is 13.2 Å². The first-order chi connectivity index (χ1) is 6.59. The van der Waals surface area contributed by atoms with Crippen molar-refractivity contribution in [1.29, 1.82) is 0 Å². The van der Waals surface area contributed by atoms with Crippen LogP contribution in [0.4, 0.5) is 0 Å². The summed E-state index contributed by atoms with van der Waals surface area (Å²) in [4.78, 5) is 5.07. The molecule has 1 unspecified atom stereocenters. The smallest absolute Gasteiger partial charge is 0.0594 e. The molecule has 2 aliphatic rings. The summed E-state index contributed by atoms with van der Waals surface area (Å²) in [6, 6.07) is 0.749. The van der Waals surface area contributed by atoms with Crippen LogP contribution in [0.25, 0.3) is 0 Å². The van der Waals surface area contributed by atoms with Crippen molar-refractivity contribution in [3.63, 3.8) is 0 Å². The zero-order valence-corrected chi connectivity index (χ0v) is 9.62. The summed E-state index contributed by atoms with van der Waals surface area (Å²) in [6.07, 6.45) is 1.30. The van der Waals surface area contributed by atoms with E-state index in [0.717, 1.165) is 32.3 Å². The summed E-state index contributed by atoms with van der Waals surface area (Å²) in [5.74, 6) is 0. The average molecular weight is 198 g/mol. The molecule has 14 heavy (non-hydrogen) atoms. The molecule has 2 heterocycles. The molecule has 1 atom stereocenters. The number of likely N-dealkylation sites (N-methyl/N-ethyl adjacent to an activating group) is 1. The molecule has 0 aliphatic carbocycles. The maximum absolute atomic E-state index is 5.38. The van der Waals surface area contributed by atoms with Crippen LogP contribution in [-0.2, 0) is 4.74 Å². The molecule has 2 saturated heterocycles. The molecule has 0 saturated carbocycles. The molecule has 0 spiro atoms. The molecule has 3 heteroatoms. The molecule has 0 aromatic carbocycles. The third kappa shape index (κ3) is 1.95. The van der Waals surface area contributed by atoms with Gasteiger partial charge in [-0.1, -0.05) is 0 Å². The Kier molecular flexibility index (Phi) is 2.82. The summed E-state index contributed by atoms with van der Waals surface area (Å²) in [6.45, 7) is 9.97. The first-order valence-electron chi connectivity index (χ1n) is 5.63. The number of rotatable bonds is 1. The maximum atomic E-state index is 5.38. The highest BCUT2D eigenvalue weighted by Crippen LogP contribution is 2.29. The minimum Gasteiger partial charge on any atom is -0.379 e. The monoisotopic (exact) mass is 198 g/mol. The molecule has 0 aromatic rings. The van der Waals surface area contributed by atoms with Crippen LogP contribution in [0.2, 0.25) is 0 Å². The van der Waals surface area contributed by atoms with Crippen LogP contribution in [0.5, 0.6) is 0 Å². The number of nitrogens with zero attached hydrogens (tertiary/aromatic N) is 2. The molecule has 0 amide bonds. The molecule has 2 rings (SSSR count). The molecule has 2 aliphatic heterocycles. The van der Waals surface area contributed by atoms with Gasteiger partial charge in [-0.2, -0.15) is 0 Å². The predicted octanol–water partition coefficient (Wildman–Crippen LogP) is 0.801. The molecular weight excluding hydrogens is 176 g/mol. The van der Waals surface area contributed by atoms with Crippen LogP contribution in [0.3, 0.4) is 0 Å². The molecule has 0 bridgehead atoms. The van der Waals surface area contributed by atoms with E-state index in [-0.39, 0.29) is 0 Å². The van der Waals surface area contributed by atoms with E-state index in [4.69, 9.17) is 4.74 Å². The highest BCUT2D eigenvalue weighted by atomic mass is 16.5. The van der Waals surface area contributed by atoms with Gasteiger partial charge in [0.25, 0.3) is 0 Å². The number of hydrogen-bond donors (Lipinski definition) is 0. The van der Waals surface area contributed by atoms with Gasteiger partial charge in [-0.15, -0.1) is 0 Å². The Morgan fingerprint density at radius 1 is 1.21 bits per heavy atom. The van der Waals surface area contributed by atoms with E-state index in [1.807, 2.05) is 0 Å². The second-order valence-corrected chi connectivity index (χ2v) is 5.20. The van der Waals surface area contributed by atoms with Crippen molar-refractivity contribution >= 4 is 0 Å². The first-order valence-corrected chi connectivity index (χ1v) is 5.63. The first kappa shape index (κ1) is 10.4. The van der Waals surface area contributed by atoms with Gasteiger partial charge in [0.2, 0.25) is 0 Å². The summed E-state index contributed by atoms with van der Waals surface area (Å²) < 4.78 is 5.38. The SMILES string of the molecule is CN1CC(N2CCOCC2)CC1(C)C. The van der Waals surface area contributed by atoms with Crippen molar-refractivity contribution in [3.8, 4) is 0 Å². The maximum Gasteiger partial charge on any atom is 0.0594 e. The van der Waals surface area contributed by atoms with Gasteiger partial charge < -0.3 is 4.74 Å². The van der Waals surface area contributed by atoms with Crippen LogP contribution in [-0.4, -0.2) is 61.3 Å². The molecule has 0 radical (unpaired) electrons. The highest BCUT2D eigenvalue weighted by molar-refractivity contribution is 4.95. The van der Waals surface area contributed by atoms with E-state index in [1.54, 1.807) is 0 Å². The lowest BCUT2D eigenvalue weighted by molar-refractivity contribution is 0.0187. The average Bonchev–Trinajstić information content (AvgIpc) is 2.43. The Morgan fingerprint density at radius 2 is 1.86 bits per heavy atom. The van der Waals surface area contributed by atoms with Gasteiger partial charge >= 0.3 is 0 Å². The molecule has 82 valence electrons. The Morgan fingerprint density at radius 3 is 2.36 bits per heavy atom. The van der Waals surface area contributed by atoms with Gasteiger partial charge in [0.15, 0.2) is 0 Å². The number of likely N-dealkylation sites (tertiary alicyclic amines) is 1. The molecule has 3 nitrogen and oxygen atoms in total. The van der Waals surface area contributed by atoms with Gasteiger partial charge in [-0.25, -0.2) is 0 Å². The zero-order valence-electron chi connectivity index (χ0n) is 9.62. The second kappa shape index (κ2) is 3.80. The second-order valence-electron chi connectivity index (χ2n) is 5.20. The van der Waals surface area contributed by atoms with E-state index in [2.05, 4.69) is 30.7 Å². The zero-order chi connectivity index (χ0) is 10.2. The van der Waals surface area contributed by atoms with Crippen molar-refractivity contribution in [2.24, 2.45) is 0 Å². The summed E-state index contributed by atoms with van der Waals surface area (Å²) in [5, 5.41) is 0. The quantitative estimate of drug-likeness (QED) is 0.620. The fourth-order valence-corrected chi connectivity index (χ4v) is 2.55. The fraction of sp³-hybridized carbons (Fsp3) is 1.00. The van der Waals surface area contributed by atoms with Gasteiger partial charge in [0, 0.05) is 31.2 Å². The van der Waals surface area contributed by atoms with E-state index < -0.39 is 0 Å². The Labute approximate surface area is 87.0 Å². The third-order valence-electron chi connectivity index (χ3n) is 3.82. The van der Waals surface area contributed by atoms with Gasteiger partial charge in [0.1, 0.15) is 0 Å². The van der Waals surface area contributed by atoms with Crippen LogP contribution in [0.1, 0.15) is 20.3 Å². The molecule has 0 N–H and O–H groups in total. The Bertz CT molecular complexity index is 199. The molecule has 0 aromatic heterocycles. The largest absolute Gasteiger partial charge is 0.379 e. The van der Waals surface area contributed by atoms with Crippen molar-refractivity contribution < 1.29 is 4.74 Å². The minimum absolute atomic E-state index is 0.378. The normalized spacial score (nSPS) is 34.9. The van der Waals surface area contributed by atoms with Crippen LogP contribution < -0.4 is 0 Å². The van der Waals surface area contributed by atoms with Crippen molar-refractivity contribution in [2.45, 2.75) is 31.8 Å². The van der Waals surface area contributed by atoms with Crippen LogP contribution in [0.15, 0.2) is 0 Å². The molecule has 2 fully saturated rings. The number of hydrogen-bond acceptors (Lipinski definition) is 3. The van der Waals surface area contributed by atoms with Crippen LogP contribution in [0, 0.1) is 0 Å². The predicted molar refractivity (Wildman–Crippen MR) is 57.5 cm³/mol. The summed E-state index contributed by atoms with van der Waals surface area (Å²) >= 11 is 0. The van der Waals surface area contributed by atoms with Gasteiger partial charge in [-0.3, -0.25) is 9.80 Å². The fourth-order valence-electron chi connectivity index (χ4n) is 2.55. The lowest BCUT2D eigenvalue weighted by Gasteiger charge is -2.32. The van der Waals surface area contributed by atoms with E-state index in [9.17, 15) is 0 Å². The minimum atomic E-state index is 0.378. The lowest BCUT2D eigenvalue weighted by atomic mass is 10.00. The number of morpholine rings is 1. The third-order valence-corrected chi connectivity index (χ3v) is 3.82.